The van der Waals surface area contributed by atoms with Gasteiger partial charge in [0.25, 0.3) is 5.60 Å². The number of halogens is 3. The maximum absolute atomic E-state index is 14.0. The number of benzene rings is 2. The highest BCUT2D eigenvalue weighted by Crippen LogP contribution is 2.42. The molecular formula is C22H24F3NO5. The maximum atomic E-state index is 14.0. The molecule has 0 saturated carbocycles. The molecule has 0 bridgehead atoms. The zero-order valence-corrected chi connectivity index (χ0v) is 17.1. The van der Waals surface area contributed by atoms with E-state index in [9.17, 15) is 22.8 Å². The third kappa shape index (κ3) is 5.97. The number of rotatable bonds is 9. The van der Waals surface area contributed by atoms with Crippen LogP contribution in [0.3, 0.4) is 0 Å². The molecule has 31 heavy (non-hydrogen) atoms. The molecule has 0 aliphatic rings. The Morgan fingerprint density at radius 3 is 2.06 bits per heavy atom. The van der Waals surface area contributed by atoms with Crippen LogP contribution in [-0.4, -0.2) is 45.1 Å². The van der Waals surface area contributed by atoms with Crippen LogP contribution in [0.5, 0.6) is 0 Å². The van der Waals surface area contributed by atoms with Crippen molar-refractivity contribution in [2.75, 3.05) is 20.8 Å². The van der Waals surface area contributed by atoms with Gasteiger partial charge in [0, 0.05) is 12.7 Å². The second kappa shape index (κ2) is 10.8. The van der Waals surface area contributed by atoms with Crippen LogP contribution in [-0.2, 0) is 31.0 Å². The number of alkyl halides is 3. The van der Waals surface area contributed by atoms with Crippen molar-refractivity contribution in [3.63, 3.8) is 0 Å². The van der Waals surface area contributed by atoms with Gasteiger partial charge in [0.1, 0.15) is 6.61 Å². The van der Waals surface area contributed by atoms with Crippen LogP contribution >= 0.6 is 0 Å². The molecule has 0 aliphatic heterocycles. The number of nitrogens with one attached hydrogen (secondary N) is 1. The first-order valence-corrected chi connectivity index (χ1v) is 9.47. The summed E-state index contributed by atoms with van der Waals surface area (Å²) >= 11 is 0. The normalized spacial score (nSPS) is 14.2. The van der Waals surface area contributed by atoms with E-state index in [-0.39, 0.29) is 0 Å². The van der Waals surface area contributed by atoms with Crippen molar-refractivity contribution in [1.29, 1.82) is 0 Å². The minimum atomic E-state index is -5.07. The summed E-state index contributed by atoms with van der Waals surface area (Å²) in [4.78, 5) is 24.3. The van der Waals surface area contributed by atoms with Crippen molar-refractivity contribution in [2.45, 2.75) is 30.7 Å². The highest BCUT2D eigenvalue weighted by atomic mass is 19.4. The molecule has 0 spiro atoms. The fraction of sp³-hybridized carbons (Fsp3) is 0.364. The number of hydrogen-bond acceptors (Lipinski definition) is 5. The number of ether oxygens (including phenoxy) is 3. The largest absolute Gasteiger partial charge is 0.461 e. The van der Waals surface area contributed by atoms with E-state index in [0.29, 0.717) is 12.8 Å². The first-order valence-electron chi connectivity index (χ1n) is 9.47. The Labute approximate surface area is 178 Å². The van der Waals surface area contributed by atoms with Crippen LogP contribution in [0.25, 0.3) is 0 Å². The van der Waals surface area contributed by atoms with Crippen molar-refractivity contribution < 1.29 is 37.0 Å². The Morgan fingerprint density at radius 2 is 1.55 bits per heavy atom. The number of methoxy groups -OCH3 is 2. The lowest BCUT2D eigenvalue weighted by atomic mass is 9.92. The molecule has 0 aromatic heterocycles. The van der Waals surface area contributed by atoms with Gasteiger partial charge in [0.15, 0.2) is 0 Å². The SMILES string of the molecule is COC(=O)N[C@H](CCc1ccccc1)COC(=O)[C@@](OC)(c1ccccc1)C(F)(F)F. The van der Waals surface area contributed by atoms with Gasteiger partial charge >= 0.3 is 18.2 Å². The molecule has 0 saturated heterocycles. The number of carbonyl (C=O) groups is 2. The van der Waals surface area contributed by atoms with Gasteiger partial charge in [0.2, 0.25) is 0 Å². The summed E-state index contributed by atoms with van der Waals surface area (Å²) in [5.74, 6) is -1.62. The molecule has 0 unspecified atom stereocenters. The minimum Gasteiger partial charge on any atom is -0.461 e. The lowest BCUT2D eigenvalue weighted by Crippen LogP contribution is -2.52. The number of esters is 1. The summed E-state index contributed by atoms with van der Waals surface area (Å²) in [5, 5.41) is 2.48. The molecule has 0 heterocycles. The average molecular weight is 439 g/mol. The Morgan fingerprint density at radius 1 is 0.968 bits per heavy atom. The Hall–Kier alpha value is -3.07. The molecule has 0 fully saturated rings. The van der Waals surface area contributed by atoms with Gasteiger partial charge in [-0.25, -0.2) is 9.59 Å². The molecular weight excluding hydrogens is 415 g/mol. The maximum Gasteiger partial charge on any atom is 0.432 e. The van der Waals surface area contributed by atoms with E-state index < -0.39 is 42.1 Å². The van der Waals surface area contributed by atoms with Crippen molar-refractivity contribution in [3.8, 4) is 0 Å². The van der Waals surface area contributed by atoms with E-state index in [1.54, 1.807) is 0 Å². The summed E-state index contributed by atoms with van der Waals surface area (Å²) in [6, 6.07) is 15.0. The molecule has 2 aromatic carbocycles. The van der Waals surface area contributed by atoms with Crippen LogP contribution < -0.4 is 5.32 Å². The van der Waals surface area contributed by atoms with Gasteiger partial charge < -0.3 is 19.5 Å². The number of alkyl carbamates (subject to hydrolysis) is 1. The first-order chi connectivity index (χ1) is 14.7. The summed E-state index contributed by atoms with van der Waals surface area (Å²) in [5.41, 5.74) is -2.74. The summed E-state index contributed by atoms with van der Waals surface area (Å²) < 4.78 is 56.1. The quantitative estimate of drug-likeness (QED) is 0.598. The Bertz CT molecular complexity index is 845. The van der Waals surface area contributed by atoms with Gasteiger partial charge in [-0.2, -0.15) is 13.2 Å². The van der Waals surface area contributed by atoms with E-state index >= 15 is 0 Å². The highest BCUT2D eigenvalue weighted by Gasteiger charge is 2.64. The lowest BCUT2D eigenvalue weighted by Gasteiger charge is -2.32. The van der Waals surface area contributed by atoms with Gasteiger partial charge in [0.05, 0.1) is 13.2 Å². The fourth-order valence-electron chi connectivity index (χ4n) is 3.07. The van der Waals surface area contributed by atoms with E-state index in [2.05, 4.69) is 10.1 Å². The van der Waals surface area contributed by atoms with Crippen LogP contribution in [0.2, 0.25) is 0 Å². The molecule has 1 N–H and O–H groups in total. The van der Waals surface area contributed by atoms with Crippen molar-refractivity contribution in [2.24, 2.45) is 0 Å². The van der Waals surface area contributed by atoms with Crippen molar-refractivity contribution >= 4 is 12.1 Å². The Balaban J connectivity index is 2.18. The zero-order valence-electron chi connectivity index (χ0n) is 17.1. The Kier molecular flexibility index (Phi) is 8.44. The fourth-order valence-corrected chi connectivity index (χ4v) is 3.07. The topological polar surface area (TPSA) is 73.9 Å². The molecule has 6 nitrogen and oxygen atoms in total. The predicted octanol–water partition coefficient (Wildman–Crippen LogP) is 3.99. The minimum absolute atomic E-state index is 0.309. The molecule has 0 radical (unpaired) electrons. The molecule has 9 heteroatoms. The van der Waals surface area contributed by atoms with Crippen LogP contribution in [0.15, 0.2) is 60.7 Å². The predicted molar refractivity (Wildman–Crippen MR) is 106 cm³/mol. The van der Waals surface area contributed by atoms with E-state index in [1.807, 2.05) is 30.3 Å². The molecule has 0 aliphatic carbocycles. The zero-order chi connectivity index (χ0) is 22.9. The number of aryl methyl sites for hydroxylation is 1. The number of amides is 1. The molecule has 2 rings (SSSR count). The van der Waals surface area contributed by atoms with E-state index in [4.69, 9.17) is 9.47 Å². The lowest BCUT2D eigenvalue weighted by molar-refractivity contribution is -0.276. The first kappa shape index (κ1) is 24.2. The van der Waals surface area contributed by atoms with Crippen LogP contribution in [0.4, 0.5) is 18.0 Å². The molecule has 1 amide bonds. The summed E-state index contributed by atoms with van der Waals surface area (Å²) in [7, 11) is 1.95. The summed E-state index contributed by atoms with van der Waals surface area (Å²) in [6.07, 6.45) is -5.05. The number of hydrogen-bond donors (Lipinski definition) is 1. The van der Waals surface area contributed by atoms with E-state index in [0.717, 1.165) is 31.9 Å². The third-order valence-electron chi connectivity index (χ3n) is 4.72. The average Bonchev–Trinajstić information content (AvgIpc) is 2.76. The van der Waals surface area contributed by atoms with Crippen LogP contribution in [0, 0.1) is 0 Å². The highest BCUT2D eigenvalue weighted by molar-refractivity contribution is 5.82. The van der Waals surface area contributed by atoms with E-state index in [1.165, 1.54) is 18.2 Å². The van der Waals surface area contributed by atoms with Gasteiger partial charge in [-0.3, -0.25) is 0 Å². The smallest absolute Gasteiger partial charge is 0.432 e. The van der Waals surface area contributed by atoms with Crippen molar-refractivity contribution in [1.82, 2.24) is 5.32 Å². The monoisotopic (exact) mass is 439 g/mol. The standard InChI is InChI=1S/C22H24F3NO5/c1-29-20(28)26-18(14-13-16-9-5-3-6-10-16)15-31-19(27)21(30-2,22(23,24)25)17-11-7-4-8-12-17/h3-12,18H,13-15H2,1-2H3,(H,26,28)/t18-,21+/m1/s1. The van der Waals surface area contributed by atoms with Crippen LogP contribution in [0.1, 0.15) is 17.5 Å². The summed E-state index contributed by atoms with van der Waals surface area (Å²) in [6.45, 7) is -0.491. The van der Waals surface area contributed by atoms with Gasteiger partial charge in [-0.05, 0) is 18.4 Å². The van der Waals surface area contributed by atoms with Gasteiger partial charge in [-0.1, -0.05) is 60.7 Å². The van der Waals surface area contributed by atoms with Gasteiger partial charge in [-0.15, -0.1) is 0 Å². The second-order valence-electron chi connectivity index (χ2n) is 6.70. The molecule has 2 aromatic rings. The second-order valence-corrected chi connectivity index (χ2v) is 6.70. The molecule has 168 valence electrons. The molecule has 2 atom stereocenters. The number of carbonyl (C=O) groups excluding carboxylic acids is 2. The van der Waals surface area contributed by atoms with Crippen molar-refractivity contribution in [3.05, 3.63) is 71.8 Å². The third-order valence-corrected chi connectivity index (χ3v) is 4.72.